The second-order valence-corrected chi connectivity index (χ2v) is 7.75. The van der Waals surface area contributed by atoms with E-state index in [9.17, 15) is 9.90 Å². The summed E-state index contributed by atoms with van der Waals surface area (Å²) in [6.07, 6.45) is 3.96. The van der Waals surface area contributed by atoms with Crippen LogP contribution >= 0.6 is 24.0 Å². The van der Waals surface area contributed by atoms with Crippen LogP contribution in [0.25, 0.3) is 6.08 Å². The van der Waals surface area contributed by atoms with Gasteiger partial charge in [-0.25, -0.2) is 0 Å². The van der Waals surface area contributed by atoms with Gasteiger partial charge in [-0.15, -0.1) is 6.58 Å². The third kappa shape index (κ3) is 3.91. The van der Waals surface area contributed by atoms with Crippen LogP contribution < -0.4 is 9.64 Å². The molecule has 6 heteroatoms. The van der Waals surface area contributed by atoms with Gasteiger partial charge in [-0.3, -0.25) is 9.69 Å². The first-order valence-electron chi connectivity index (χ1n) is 8.30. The molecule has 1 aliphatic rings. The van der Waals surface area contributed by atoms with Crippen molar-refractivity contribution in [3.05, 3.63) is 70.6 Å². The van der Waals surface area contributed by atoms with Crippen LogP contribution in [0.1, 0.15) is 16.7 Å². The monoisotopic (exact) mass is 397 g/mol. The standard InChI is InChI=1S/C21H19NO3S2/c1-4-5-15-10-14(11-17(25-3)19(15)23)12-18-20(24)22(21(26)27-18)16-8-6-13(2)7-9-16/h4,6-12,23H,1,5H2,2-3H3. The lowest BCUT2D eigenvalue weighted by atomic mass is 10.1. The number of aryl methyl sites for hydroxylation is 1. The third-order valence-electron chi connectivity index (χ3n) is 4.14. The van der Waals surface area contributed by atoms with Gasteiger partial charge in [0.1, 0.15) is 0 Å². The number of amides is 1. The number of carbonyl (C=O) groups is 1. The van der Waals surface area contributed by atoms with Crippen LogP contribution in [0.15, 0.2) is 54.0 Å². The van der Waals surface area contributed by atoms with Crippen molar-refractivity contribution in [1.82, 2.24) is 0 Å². The molecule has 0 aromatic heterocycles. The first-order chi connectivity index (χ1) is 12.9. The summed E-state index contributed by atoms with van der Waals surface area (Å²) in [5, 5.41) is 10.2. The molecule has 1 aliphatic heterocycles. The van der Waals surface area contributed by atoms with Gasteiger partial charge in [0.25, 0.3) is 5.91 Å². The van der Waals surface area contributed by atoms with E-state index in [0.29, 0.717) is 27.0 Å². The molecule has 0 bridgehead atoms. The van der Waals surface area contributed by atoms with Crippen molar-refractivity contribution in [2.45, 2.75) is 13.3 Å². The van der Waals surface area contributed by atoms with Crippen molar-refractivity contribution in [3.63, 3.8) is 0 Å². The number of phenols is 1. The van der Waals surface area contributed by atoms with Crippen molar-refractivity contribution in [2.75, 3.05) is 12.0 Å². The van der Waals surface area contributed by atoms with Crippen LogP contribution in [0.4, 0.5) is 5.69 Å². The van der Waals surface area contributed by atoms with E-state index in [1.807, 2.05) is 37.3 Å². The number of nitrogens with zero attached hydrogens (tertiary/aromatic N) is 1. The van der Waals surface area contributed by atoms with Crippen LogP contribution in [0, 0.1) is 6.92 Å². The molecule has 0 unspecified atom stereocenters. The van der Waals surface area contributed by atoms with Gasteiger partial charge in [-0.2, -0.15) is 0 Å². The number of hydrogen-bond donors (Lipinski definition) is 1. The molecule has 2 aromatic rings. The Morgan fingerprint density at radius 1 is 1.30 bits per heavy atom. The number of aromatic hydroxyl groups is 1. The Hall–Kier alpha value is -2.57. The van der Waals surface area contributed by atoms with E-state index in [4.69, 9.17) is 17.0 Å². The topological polar surface area (TPSA) is 49.8 Å². The molecule has 1 fully saturated rings. The van der Waals surface area contributed by atoms with E-state index in [-0.39, 0.29) is 11.7 Å². The predicted octanol–water partition coefficient (Wildman–Crippen LogP) is 4.84. The molecule has 0 saturated carbocycles. The molecular formula is C21H19NO3S2. The second kappa shape index (κ2) is 7.98. The van der Waals surface area contributed by atoms with E-state index >= 15 is 0 Å². The molecule has 0 spiro atoms. The fourth-order valence-corrected chi connectivity index (χ4v) is 4.07. The highest BCUT2D eigenvalue weighted by molar-refractivity contribution is 8.27. The molecule has 2 aromatic carbocycles. The molecule has 1 heterocycles. The number of thiocarbonyl (C=S) groups is 1. The first-order valence-corrected chi connectivity index (χ1v) is 9.52. The molecule has 0 aliphatic carbocycles. The number of phenolic OH excluding ortho intramolecular Hbond substituents is 1. The number of allylic oxidation sites excluding steroid dienone is 1. The molecule has 1 N–H and O–H groups in total. The normalized spacial score (nSPS) is 15.5. The van der Waals surface area contributed by atoms with E-state index in [0.717, 1.165) is 16.8 Å². The third-order valence-corrected chi connectivity index (χ3v) is 5.45. The van der Waals surface area contributed by atoms with E-state index < -0.39 is 0 Å². The Morgan fingerprint density at radius 2 is 2.00 bits per heavy atom. The summed E-state index contributed by atoms with van der Waals surface area (Å²) in [6.45, 7) is 5.70. The highest BCUT2D eigenvalue weighted by Gasteiger charge is 2.33. The zero-order valence-corrected chi connectivity index (χ0v) is 16.7. The summed E-state index contributed by atoms with van der Waals surface area (Å²) in [4.78, 5) is 15.0. The Morgan fingerprint density at radius 3 is 2.63 bits per heavy atom. The average Bonchev–Trinajstić information content (AvgIpc) is 2.92. The summed E-state index contributed by atoms with van der Waals surface area (Å²) in [6, 6.07) is 11.2. The van der Waals surface area contributed by atoms with Crippen LogP contribution in [0.3, 0.4) is 0 Å². The minimum Gasteiger partial charge on any atom is -0.504 e. The number of ether oxygens (including phenoxy) is 1. The highest BCUT2D eigenvalue weighted by Crippen LogP contribution is 2.38. The van der Waals surface area contributed by atoms with Crippen molar-refractivity contribution in [2.24, 2.45) is 0 Å². The van der Waals surface area contributed by atoms with Crippen LogP contribution in [0.2, 0.25) is 0 Å². The van der Waals surface area contributed by atoms with Gasteiger partial charge in [-0.05, 0) is 49.2 Å². The number of anilines is 1. The van der Waals surface area contributed by atoms with Crippen molar-refractivity contribution in [3.8, 4) is 11.5 Å². The van der Waals surface area contributed by atoms with Gasteiger partial charge >= 0.3 is 0 Å². The lowest BCUT2D eigenvalue weighted by molar-refractivity contribution is -0.113. The summed E-state index contributed by atoms with van der Waals surface area (Å²) >= 11 is 6.67. The SMILES string of the molecule is C=CCc1cc(C=C2SC(=S)N(c3ccc(C)cc3)C2=O)cc(OC)c1O. The summed E-state index contributed by atoms with van der Waals surface area (Å²) in [5.74, 6) is 0.280. The first kappa shape index (κ1) is 19.2. The van der Waals surface area contributed by atoms with Crippen LogP contribution in [0.5, 0.6) is 11.5 Å². The second-order valence-electron chi connectivity index (χ2n) is 6.08. The molecule has 0 atom stereocenters. The molecule has 0 radical (unpaired) electrons. The minimum atomic E-state index is -0.161. The lowest BCUT2D eigenvalue weighted by Crippen LogP contribution is -2.27. The number of rotatable bonds is 5. The molecule has 3 rings (SSSR count). The average molecular weight is 398 g/mol. The van der Waals surface area contributed by atoms with Gasteiger partial charge in [0, 0.05) is 5.56 Å². The van der Waals surface area contributed by atoms with E-state index in [2.05, 4.69) is 6.58 Å². The molecule has 138 valence electrons. The largest absolute Gasteiger partial charge is 0.504 e. The molecule has 27 heavy (non-hydrogen) atoms. The number of hydrogen-bond acceptors (Lipinski definition) is 5. The maximum atomic E-state index is 12.9. The van der Waals surface area contributed by atoms with Gasteiger partial charge < -0.3 is 9.84 Å². The number of carbonyl (C=O) groups excluding carboxylic acids is 1. The van der Waals surface area contributed by atoms with Gasteiger partial charge in [0.15, 0.2) is 15.8 Å². The Labute approximate surface area is 168 Å². The molecule has 1 amide bonds. The zero-order chi connectivity index (χ0) is 19.6. The number of benzene rings is 2. The Bertz CT molecular complexity index is 949. The summed E-state index contributed by atoms with van der Waals surface area (Å²) in [7, 11) is 1.49. The molecule has 1 saturated heterocycles. The van der Waals surface area contributed by atoms with E-state index in [1.165, 1.54) is 23.8 Å². The summed E-state index contributed by atoms with van der Waals surface area (Å²) in [5.41, 5.74) is 3.31. The lowest BCUT2D eigenvalue weighted by Gasteiger charge is -2.14. The zero-order valence-electron chi connectivity index (χ0n) is 15.1. The van der Waals surface area contributed by atoms with E-state index in [1.54, 1.807) is 18.2 Å². The fraction of sp³-hybridized carbons (Fsp3) is 0.143. The predicted molar refractivity (Wildman–Crippen MR) is 115 cm³/mol. The Balaban J connectivity index is 1.97. The number of methoxy groups -OCH3 is 1. The quantitative estimate of drug-likeness (QED) is 0.444. The smallest absolute Gasteiger partial charge is 0.270 e. The summed E-state index contributed by atoms with van der Waals surface area (Å²) < 4.78 is 5.74. The number of thioether (sulfide) groups is 1. The fourth-order valence-electron chi connectivity index (χ4n) is 2.77. The van der Waals surface area contributed by atoms with Crippen molar-refractivity contribution < 1.29 is 14.6 Å². The van der Waals surface area contributed by atoms with Crippen molar-refractivity contribution >= 4 is 46.0 Å². The molecule has 4 nitrogen and oxygen atoms in total. The minimum absolute atomic E-state index is 0.0850. The van der Waals surface area contributed by atoms with Gasteiger partial charge in [0.05, 0.1) is 17.7 Å². The van der Waals surface area contributed by atoms with Gasteiger partial charge in [0.2, 0.25) is 0 Å². The highest BCUT2D eigenvalue weighted by atomic mass is 32.2. The van der Waals surface area contributed by atoms with Crippen molar-refractivity contribution in [1.29, 1.82) is 0 Å². The van der Waals surface area contributed by atoms with Crippen LogP contribution in [-0.2, 0) is 11.2 Å². The molecular weight excluding hydrogens is 378 g/mol. The maximum absolute atomic E-state index is 12.9. The van der Waals surface area contributed by atoms with Gasteiger partial charge in [-0.1, -0.05) is 47.8 Å². The Kier molecular flexibility index (Phi) is 5.68. The maximum Gasteiger partial charge on any atom is 0.270 e. The van der Waals surface area contributed by atoms with Crippen LogP contribution in [-0.4, -0.2) is 22.4 Å².